The van der Waals surface area contributed by atoms with Gasteiger partial charge in [0.15, 0.2) is 0 Å². The maximum absolute atomic E-state index is 12.8. The lowest BCUT2D eigenvalue weighted by Crippen LogP contribution is -2.42. The average molecular weight is 313 g/mol. The fourth-order valence-electron chi connectivity index (χ4n) is 2.91. The van der Waals surface area contributed by atoms with Gasteiger partial charge in [0.25, 0.3) is 0 Å². The molecule has 0 aromatic heterocycles. The minimum Gasteiger partial charge on any atom is -0.207 e. The Morgan fingerprint density at radius 1 is 1.25 bits per heavy atom. The van der Waals surface area contributed by atoms with Gasteiger partial charge < -0.3 is 0 Å². The van der Waals surface area contributed by atoms with Crippen LogP contribution in [-0.4, -0.2) is 32.1 Å². The highest BCUT2D eigenvalue weighted by atomic mass is 32.2. The van der Waals surface area contributed by atoms with Crippen LogP contribution in [0.1, 0.15) is 25.8 Å². The SMILES string of the molecule is CSCc1cccc(S(=O)(=O)N2C[C@@H](C)C[C@H](C)C2)c1. The van der Waals surface area contributed by atoms with E-state index in [0.29, 0.717) is 29.8 Å². The number of nitrogens with zero attached hydrogens (tertiary/aromatic N) is 1. The van der Waals surface area contributed by atoms with Crippen LogP contribution in [0.5, 0.6) is 0 Å². The molecule has 1 aromatic carbocycles. The molecule has 0 saturated carbocycles. The van der Waals surface area contributed by atoms with Gasteiger partial charge in [-0.3, -0.25) is 0 Å². The van der Waals surface area contributed by atoms with Crippen molar-refractivity contribution in [2.45, 2.75) is 30.9 Å². The second-order valence-electron chi connectivity index (χ2n) is 5.85. The van der Waals surface area contributed by atoms with Crippen LogP contribution < -0.4 is 0 Å². The molecule has 1 aliphatic rings. The Bertz CT molecular complexity index is 547. The predicted octanol–water partition coefficient (Wildman–Crippen LogP) is 3.22. The van der Waals surface area contributed by atoms with Crippen LogP contribution in [0, 0.1) is 11.8 Å². The minimum absolute atomic E-state index is 0.433. The van der Waals surface area contributed by atoms with Gasteiger partial charge in [-0.1, -0.05) is 26.0 Å². The molecular formula is C15H23NO2S2. The molecule has 0 N–H and O–H groups in total. The molecule has 0 unspecified atom stereocenters. The summed E-state index contributed by atoms with van der Waals surface area (Å²) in [5.74, 6) is 1.71. The largest absolute Gasteiger partial charge is 0.243 e. The van der Waals surface area contributed by atoms with Gasteiger partial charge in [0.2, 0.25) is 10.0 Å². The lowest BCUT2D eigenvalue weighted by Gasteiger charge is -2.34. The summed E-state index contributed by atoms with van der Waals surface area (Å²) in [5.41, 5.74) is 1.07. The van der Waals surface area contributed by atoms with Gasteiger partial charge in [-0.15, -0.1) is 0 Å². The third-order valence-corrected chi connectivity index (χ3v) is 6.13. The fraction of sp³-hybridized carbons (Fsp3) is 0.600. The highest BCUT2D eigenvalue weighted by molar-refractivity contribution is 7.97. The molecule has 2 atom stereocenters. The summed E-state index contributed by atoms with van der Waals surface area (Å²) in [7, 11) is -3.34. The van der Waals surface area contributed by atoms with Gasteiger partial charge >= 0.3 is 0 Å². The summed E-state index contributed by atoms with van der Waals surface area (Å²) >= 11 is 1.70. The van der Waals surface area contributed by atoms with Gasteiger partial charge in [0.1, 0.15) is 0 Å². The normalized spacial score (nSPS) is 24.8. The van der Waals surface area contributed by atoms with Crippen molar-refractivity contribution in [3.8, 4) is 0 Å². The van der Waals surface area contributed by atoms with E-state index in [1.807, 2.05) is 24.5 Å². The van der Waals surface area contributed by atoms with Crippen LogP contribution in [0.4, 0.5) is 0 Å². The number of piperidine rings is 1. The van der Waals surface area contributed by atoms with Crippen molar-refractivity contribution >= 4 is 21.8 Å². The Kier molecular flexibility index (Phi) is 5.15. The molecule has 1 aliphatic heterocycles. The Morgan fingerprint density at radius 3 is 2.50 bits per heavy atom. The molecule has 0 aliphatic carbocycles. The second kappa shape index (κ2) is 6.50. The Hall–Kier alpha value is -0.520. The third-order valence-electron chi connectivity index (χ3n) is 3.68. The molecule has 1 fully saturated rings. The van der Waals surface area contributed by atoms with Crippen LogP contribution in [0.2, 0.25) is 0 Å². The lowest BCUT2D eigenvalue weighted by molar-refractivity contribution is 0.222. The highest BCUT2D eigenvalue weighted by Gasteiger charge is 2.31. The molecule has 1 heterocycles. The van der Waals surface area contributed by atoms with E-state index < -0.39 is 10.0 Å². The molecule has 1 aromatic rings. The topological polar surface area (TPSA) is 37.4 Å². The molecule has 2 rings (SSSR count). The first-order valence-corrected chi connectivity index (χ1v) is 9.85. The fourth-order valence-corrected chi connectivity index (χ4v) is 5.18. The van der Waals surface area contributed by atoms with E-state index in [0.717, 1.165) is 17.7 Å². The average Bonchev–Trinajstić information content (AvgIpc) is 2.38. The molecule has 0 bridgehead atoms. The van der Waals surface area contributed by atoms with E-state index >= 15 is 0 Å². The van der Waals surface area contributed by atoms with E-state index in [1.54, 1.807) is 22.1 Å². The maximum Gasteiger partial charge on any atom is 0.243 e. The molecular weight excluding hydrogens is 290 g/mol. The third kappa shape index (κ3) is 3.57. The highest BCUT2D eigenvalue weighted by Crippen LogP contribution is 2.27. The maximum atomic E-state index is 12.8. The van der Waals surface area contributed by atoms with E-state index in [-0.39, 0.29) is 0 Å². The molecule has 112 valence electrons. The quantitative estimate of drug-likeness (QED) is 0.856. The smallest absolute Gasteiger partial charge is 0.207 e. The first-order chi connectivity index (χ1) is 9.43. The zero-order valence-electron chi connectivity index (χ0n) is 12.4. The number of hydrogen-bond acceptors (Lipinski definition) is 3. The van der Waals surface area contributed by atoms with Crippen molar-refractivity contribution in [3.63, 3.8) is 0 Å². The predicted molar refractivity (Wildman–Crippen MR) is 85.4 cm³/mol. The number of hydrogen-bond donors (Lipinski definition) is 0. The van der Waals surface area contributed by atoms with E-state index in [4.69, 9.17) is 0 Å². The van der Waals surface area contributed by atoms with E-state index in [9.17, 15) is 8.42 Å². The first-order valence-electron chi connectivity index (χ1n) is 7.01. The van der Waals surface area contributed by atoms with Crippen molar-refractivity contribution in [1.29, 1.82) is 0 Å². The number of thioether (sulfide) groups is 1. The molecule has 0 spiro atoms. The van der Waals surface area contributed by atoms with Crippen LogP contribution in [0.25, 0.3) is 0 Å². The lowest BCUT2D eigenvalue weighted by atomic mass is 9.94. The van der Waals surface area contributed by atoms with Gasteiger partial charge in [0.05, 0.1) is 4.90 Å². The van der Waals surface area contributed by atoms with E-state index in [1.165, 1.54) is 0 Å². The van der Waals surface area contributed by atoms with Crippen molar-refractivity contribution in [3.05, 3.63) is 29.8 Å². The van der Waals surface area contributed by atoms with Crippen LogP contribution in [0.3, 0.4) is 0 Å². The Labute approximate surface area is 126 Å². The molecule has 0 radical (unpaired) electrons. The van der Waals surface area contributed by atoms with Crippen molar-refractivity contribution in [1.82, 2.24) is 4.31 Å². The van der Waals surface area contributed by atoms with Crippen molar-refractivity contribution in [2.75, 3.05) is 19.3 Å². The second-order valence-corrected chi connectivity index (χ2v) is 8.65. The van der Waals surface area contributed by atoms with Crippen molar-refractivity contribution in [2.24, 2.45) is 11.8 Å². The Balaban J connectivity index is 2.27. The zero-order chi connectivity index (χ0) is 14.8. The number of benzene rings is 1. The van der Waals surface area contributed by atoms with Crippen LogP contribution >= 0.6 is 11.8 Å². The monoisotopic (exact) mass is 313 g/mol. The summed E-state index contributed by atoms with van der Waals surface area (Å²) < 4.78 is 27.2. The standard InChI is InChI=1S/C15H23NO2S2/c1-12-7-13(2)10-16(9-12)20(17,18)15-6-4-5-14(8-15)11-19-3/h4-6,8,12-13H,7,9-11H2,1-3H3/t12-,13-/m0/s1. The molecule has 3 nitrogen and oxygen atoms in total. The number of sulfonamides is 1. The molecule has 5 heteroatoms. The number of rotatable bonds is 4. The summed E-state index contributed by atoms with van der Waals surface area (Å²) in [4.78, 5) is 0.436. The van der Waals surface area contributed by atoms with Gasteiger partial charge in [-0.2, -0.15) is 16.1 Å². The van der Waals surface area contributed by atoms with Crippen LogP contribution in [0.15, 0.2) is 29.2 Å². The van der Waals surface area contributed by atoms with Gasteiger partial charge in [-0.05, 0) is 42.2 Å². The molecule has 0 amide bonds. The molecule has 20 heavy (non-hydrogen) atoms. The van der Waals surface area contributed by atoms with Gasteiger partial charge in [0, 0.05) is 18.8 Å². The summed E-state index contributed by atoms with van der Waals surface area (Å²) in [6.45, 7) is 5.53. The van der Waals surface area contributed by atoms with Crippen LogP contribution in [-0.2, 0) is 15.8 Å². The van der Waals surface area contributed by atoms with E-state index in [2.05, 4.69) is 13.8 Å². The summed E-state index contributed by atoms with van der Waals surface area (Å²) in [5, 5.41) is 0. The Morgan fingerprint density at radius 2 is 1.90 bits per heavy atom. The summed E-state index contributed by atoms with van der Waals surface area (Å²) in [6.07, 6.45) is 3.13. The first kappa shape index (κ1) is 15.9. The minimum atomic E-state index is -3.34. The summed E-state index contributed by atoms with van der Waals surface area (Å²) in [6, 6.07) is 7.35. The van der Waals surface area contributed by atoms with Gasteiger partial charge in [-0.25, -0.2) is 8.42 Å². The van der Waals surface area contributed by atoms with Crippen molar-refractivity contribution < 1.29 is 8.42 Å². The molecule has 1 saturated heterocycles. The zero-order valence-corrected chi connectivity index (χ0v) is 14.0.